The summed E-state index contributed by atoms with van der Waals surface area (Å²) in [6.07, 6.45) is 2.41. The number of nitrogens with one attached hydrogen (secondary N) is 2. The van der Waals surface area contributed by atoms with Crippen LogP contribution in [0.1, 0.15) is 20.3 Å². The van der Waals surface area contributed by atoms with Gasteiger partial charge in [0.1, 0.15) is 6.04 Å². The Morgan fingerprint density at radius 2 is 2.18 bits per heavy atom. The highest BCUT2D eigenvalue weighted by atomic mass is 35.5. The Hall–Kier alpha value is -2.32. The first-order chi connectivity index (χ1) is 13.4. The number of carbonyl (C=O) groups excluding carboxylic acids is 2. The van der Waals surface area contributed by atoms with E-state index < -0.39 is 6.04 Å². The van der Waals surface area contributed by atoms with E-state index in [9.17, 15) is 14.4 Å². The first-order valence-electron chi connectivity index (χ1n) is 8.88. The Balaban J connectivity index is 2.14. The third-order valence-corrected chi connectivity index (χ3v) is 5.06. The summed E-state index contributed by atoms with van der Waals surface area (Å²) in [4.78, 5) is 41.3. The quantitative estimate of drug-likeness (QED) is 0.367. The molecule has 0 fully saturated rings. The fourth-order valence-corrected chi connectivity index (χ4v) is 3.44. The van der Waals surface area contributed by atoms with Crippen LogP contribution in [0, 0.1) is 0 Å². The zero-order valence-electron chi connectivity index (χ0n) is 15.8. The molecule has 1 aromatic heterocycles. The van der Waals surface area contributed by atoms with Gasteiger partial charge in [0.2, 0.25) is 11.8 Å². The fourth-order valence-electron chi connectivity index (χ4n) is 2.45. The molecule has 0 aliphatic rings. The van der Waals surface area contributed by atoms with Gasteiger partial charge in [-0.15, -0.1) is 6.58 Å². The maximum atomic E-state index is 12.8. The lowest BCUT2D eigenvalue weighted by Gasteiger charge is -2.14. The second kappa shape index (κ2) is 10.3. The van der Waals surface area contributed by atoms with E-state index in [1.165, 1.54) is 4.57 Å². The van der Waals surface area contributed by atoms with Gasteiger partial charge in [-0.1, -0.05) is 36.4 Å². The minimum absolute atomic E-state index is 0.0219. The van der Waals surface area contributed by atoms with Gasteiger partial charge in [0.05, 0.1) is 16.7 Å². The zero-order chi connectivity index (χ0) is 20.7. The summed E-state index contributed by atoms with van der Waals surface area (Å²) in [5.41, 5.74) is 0.257. The highest BCUT2D eigenvalue weighted by Crippen LogP contribution is 2.20. The molecule has 7 nitrogen and oxygen atoms in total. The number of rotatable bonds is 9. The van der Waals surface area contributed by atoms with E-state index in [-0.39, 0.29) is 29.7 Å². The third-order valence-electron chi connectivity index (χ3n) is 3.85. The maximum Gasteiger partial charge on any atom is 0.262 e. The van der Waals surface area contributed by atoms with Crippen molar-refractivity contribution in [2.75, 3.05) is 12.3 Å². The molecule has 1 aromatic carbocycles. The van der Waals surface area contributed by atoms with Crippen molar-refractivity contribution >= 4 is 46.1 Å². The Labute approximate surface area is 172 Å². The van der Waals surface area contributed by atoms with Crippen molar-refractivity contribution < 1.29 is 9.59 Å². The summed E-state index contributed by atoms with van der Waals surface area (Å²) in [5.74, 6) is -0.530. The lowest BCUT2D eigenvalue weighted by atomic mass is 10.2. The van der Waals surface area contributed by atoms with Gasteiger partial charge in [0.25, 0.3) is 5.56 Å². The predicted octanol–water partition coefficient (Wildman–Crippen LogP) is 2.36. The number of thioether (sulfide) groups is 1. The van der Waals surface area contributed by atoms with Crippen molar-refractivity contribution in [2.45, 2.75) is 38.0 Å². The molecule has 0 radical (unpaired) electrons. The van der Waals surface area contributed by atoms with Gasteiger partial charge in [-0.2, -0.15) is 0 Å². The molecule has 150 valence electrons. The highest BCUT2D eigenvalue weighted by molar-refractivity contribution is 7.99. The second-order valence-electron chi connectivity index (χ2n) is 6.13. The Morgan fingerprint density at radius 3 is 2.86 bits per heavy atom. The summed E-state index contributed by atoms with van der Waals surface area (Å²) in [7, 11) is 0. The van der Waals surface area contributed by atoms with Gasteiger partial charge in [0, 0.05) is 18.1 Å². The molecule has 0 aliphatic heterocycles. The summed E-state index contributed by atoms with van der Waals surface area (Å²) in [5, 5.41) is 6.63. The lowest BCUT2D eigenvalue weighted by molar-refractivity contribution is -0.127. The van der Waals surface area contributed by atoms with Gasteiger partial charge in [0.15, 0.2) is 5.16 Å². The summed E-state index contributed by atoms with van der Waals surface area (Å²) >= 11 is 7.11. The Bertz CT molecular complexity index is 945. The molecule has 28 heavy (non-hydrogen) atoms. The van der Waals surface area contributed by atoms with Crippen LogP contribution >= 0.6 is 23.4 Å². The van der Waals surface area contributed by atoms with Crippen molar-refractivity contribution in [3.05, 3.63) is 46.2 Å². The SMILES string of the molecule is C=CCn1c(SCC(=O)N[C@@H](C)C(=O)NCCC)nc2ccc(Cl)cc2c1=O. The first kappa shape index (κ1) is 22.0. The number of hydrogen-bond acceptors (Lipinski definition) is 5. The smallest absolute Gasteiger partial charge is 0.262 e. The monoisotopic (exact) mass is 422 g/mol. The predicted molar refractivity (Wildman–Crippen MR) is 113 cm³/mol. The highest BCUT2D eigenvalue weighted by Gasteiger charge is 2.17. The Morgan fingerprint density at radius 1 is 1.43 bits per heavy atom. The van der Waals surface area contributed by atoms with E-state index in [1.807, 2.05) is 6.92 Å². The van der Waals surface area contributed by atoms with Crippen molar-refractivity contribution in [3.8, 4) is 0 Å². The van der Waals surface area contributed by atoms with E-state index in [4.69, 9.17) is 11.6 Å². The van der Waals surface area contributed by atoms with Crippen molar-refractivity contribution in [3.63, 3.8) is 0 Å². The van der Waals surface area contributed by atoms with Crippen LogP contribution in [0.2, 0.25) is 5.02 Å². The molecule has 0 aliphatic carbocycles. The van der Waals surface area contributed by atoms with Gasteiger partial charge in [-0.05, 0) is 31.5 Å². The fraction of sp³-hybridized carbons (Fsp3) is 0.368. The maximum absolute atomic E-state index is 12.8. The first-order valence-corrected chi connectivity index (χ1v) is 10.2. The molecule has 0 saturated carbocycles. The number of fused-ring (bicyclic) bond motifs is 1. The minimum atomic E-state index is -0.637. The molecule has 0 saturated heterocycles. The average Bonchev–Trinajstić information content (AvgIpc) is 2.67. The van der Waals surface area contributed by atoms with Crippen LogP contribution < -0.4 is 16.2 Å². The molecule has 0 bridgehead atoms. The summed E-state index contributed by atoms with van der Waals surface area (Å²) < 4.78 is 1.45. The minimum Gasteiger partial charge on any atom is -0.354 e. The van der Waals surface area contributed by atoms with Crippen LogP contribution in [0.3, 0.4) is 0 Å². The molecule has 2 aromatic rings. The number of nitrogens with zero attached hydrogens (tertiary/aromatic N) is 2. The van der Waals surface area contributed by atoms with E-state index in [0.29, 0.717) is 27.6 Å². The number of benzene rings is 1. The molecular weight excluding hydrogens is 400 g/mol. The number of hydrogen-bond donors (Lipinski definition) is 2. The van der Waals surface area contributed by atoms with Crippen LogP contribution in [-0.2, 0) is 16.1 Å². The molecule has 1 heterocycles. The number of halogens is 1. The summed E-state index contributed by atoms with van der Waals surface area (Å²) in [6.45, 7) is 8.06. The van der Waals surface area contributed by atoms with Crippen LogP contribution in [0.25, 0.3) is 10.9 Å². The lowest BCUT2D eigenvalue weighted by Crippen LogP contribution is -2.45. The normalized spacial score (nSPS) is 11.8. The molecule has 2 amide bonds. The zero-order valence-corrected chi connectivity index (χ0v) is 17.4. The average molecular weight is 423 g/mol. The second-order valence-corrected chi connectivity index (χ2v) is 7.51. The van der Waals surface area contributed by atoms with Crippen LogP contribution in [0.15, 0.2) is 40.8 Å². The number of amides is 2. The molecule has 9 heteroatoms. The van der Waals surface area contributed by atoms with Crippen LogP contribution in [-0.4, -0.2) is 39.7 Å². The topological polar surface area (TPSA) is 93.1 Å². The van der Waals surface area contributed by atoms with Crippen LogP contribution in [0.5, 0.6) is 0 Å². The van der Waals surface area contributed by atoms with E-state index in [2.05, 4.69) is 22.2 Å². The van der Waals surface area contributed by atoms with E-state index >= 15 is 0 Å². The van der Waals surface area contributed by atoms with Crippen molar-refractivity contribution in [1.29, 1.82) is 0 Å². The molecule has 0 spiro atoms. The van der Waals surface area contributed by atoms with Crippen molar-refractivity contribution in [2.24, 2.45) is 0 Å². The number of carbonyl (C=O) groups is 2. The number of allylic oxidation sites excluding steroid dienone is 1. The molecule has 2 N–H and O–H groups in total. The molecule has 0 unspecified atom stereocenters. The molecular formula is C19H23ClN4O3S. The van der Waals surface area contributed by atoms with Crippen LogP contribution in [0.4, 0.5) is 0 Å². The molecule has 1 atom stereocenters. The summed E-state index contributed by atoms with van der Waals surface area (Å²) in [6, 6.07) is 4.26. The largest absolute Gasteiger partial charge is 0.354 e. The van der Waals surface area contributed by atoms with E-state index in [1.54, 1.807) is 31.2 Å². The van der Waals surface area contributed by atoms with Gasteiger partial charge < -0.3 is 10.6 Å². The van der Waals surface area contributed by atoms with Gasteiger partial charge in [-0.3, -0.25) is 19.0 Å². The Kier molecular flexibility index (Phi) is 8.07. The van der Waals surface area contributed by atoms with Gasteiger partial charge >= 0.3 is 0 Å². The standard InChI is InChI=1S/C19H23ClN4O3S/c1-4-8-21-17(26)12(3)22-16(25)11-28-19-23-15-7-6-13(20)10-14(15)18(27)24(19)9-5-2/h5-7,10,12H,2,4,8-9,11H2,1,3H3,(H,21,26)(H,22,25)/t12-/m0/s1. The number of aromatic nitrogens is 2. The van der Waals surface area contributed by atoms with E-state index in [0.717, 1.165) is 18.2 Å². The van der Waals surface area contributed by atoms with Crippen molar-refractivity contribution in [1.82, 2.24) is 20.2 Å². The molecule has 2 rings (SSSR count). The third kappa shape index (κ3) is 5.59. The van der Waals surface area contributed by atoms with Gasteiger partial charge in [-0.25, -0.2) is 4.98 Å².